The second-order valence-corrected chi connectivity index (χ2v) is 11.4. The quantitative estimate of drug-likeness (QED) is 0.455. The van der Waals surface area contributed by atoms with E-state index in [1.54, 1.807) is 5.32 Å². The van der Waals surface area contributed by atoms with Crippen LogP contribution in [-0.2, 0) is 19.2 Å². The summed E-state index contributed by atoms with van der Waals surface area (Å²) in [6.45, 7) is -0.327. The van der Waals surface area contributed by atoms with Gasteiger partial charge in [-0.05, 0) is 36.8 Å². The lowest BCUT2D eigenvalue weighted by molar-refractivity contribution is -0.175. The van der Waals surface area contributed by atoms with Crippen LogP contribution in [0.2, 0.25) is 0 Å². The lowest BCUT2D eigenvalue weighted by atomic mass is 9.97. The van der Waals surface area contributed by atoms with E-state index in [1.807, 2.05) is 6.07 Å². The molecule has 1 spiro atoms. The van der Waals surface area contributed by atoms with Gasteiger partial charge in [-0.25, -0.2) is 4.39 Å². The second kappa shape index (κ2) is 10.5. The van der Waals surface area contributed by atoms with Gasteiger partial charge in [-0.2, -0.15) is 18.4 Å². The van der Waals surface area contributed by atoms with Crippen LogP contribution in [0.25, 0.3) is 0 Å². The van der Waals surface area contributed by atoms with Crippen LogP contribution >= 0.6 is 0 Å². The normalized spacial score (nSPS) is 24.9. The van der Waals surface area contributed by atoms with Crippen molar-refractivity contribution in [1.82, 2.24) is 15.1 Å². The minimum atomic E-state index is -5.18. The van der Waals surface area contributed by atoms with Crippen LogP contribution in [0.15, 0.2) is 18.2 Å². The predicted molar refractivity (Wildman–Crippen MR) is 133 cm³/mol. The maximum atomic E-state index is 14.0. The molecule has 0 radical (unpaired) electrons. The first-order chi connectivity index (χ1) is 19.3. The van der Waals surface area contributed by atoms with Crippen LogP contribution in [-0.4, -0.2) is 76.9 Å². The standard InChI is InChI=1S/C27H29F4N5O5/c1-35(22(37)19(8-14-2-3-14)34-25(40)27(29,30)31)20(9-15-4-5-15)23(38)36-13-26(11-17(36)12-32)24(39)33-18-10-16(28)6-7-21(18)41-26/h6-7,10,14-15,17,19-20H,2-5,8-9,11,13H2,1H3,(H,33,39)(H,34,40)/t17-,19-,20-,26+/m0/s1. The van der Waals surface area contributed by atoms with Crippen LogP contribution in [0, 0.1) is 29.0 Å². The first kappa shape index (κ1) is 28.6. The molecule has 1 saturated heterocycles. The Morgan fingerprint density at radius 3 is 2.49 bits per heavy atom. The molecule has 4 amide bonds. The first-order valence-electron chi connectivity index (χ1n) is 13.5. The number of likely N-dealkylation sites (N-methyl/N-ethyl adjacent to an activating group) is 1. The Hall–Kier alpha value is -3.89. The van der Waals surface area contributed by atoms with Gasteiger partial charge in [-0.1, -0.05) is 25.7 Å². The number of hydrogen-bond donors (Lipinski definition) is 2. The zero-order valence-electron chi connectivity index (χ0n) is 22.2. The van der Waals surface area contributed by atoms with Crippen LogP contribution < -0.4 is 15.4 Å². The number of benzene rings is 1. The highest BCUT2D eigenvalue weighted by Crippen LogP contribution is 2.42. The number of carbonyl (C=O) groups excluding carboxylic acids is 4. The maximum Gasteiger partial charge on any atom is 0.471 e. The lowest BCUT2D eigenvalue weighted by Gasteiger charge is -2.36. The van der Waals surface area contributed by atoms with Crippen molar-refractivity contribution < 1.29 is 41.5 Å². The average Bonchev–Trinajstić information content (AvgIpc) is 3.85. The second-order valence-electron chi connectivity index (χ2n) is 11.4. The Balaban J connectivity index is 1.38. The van der Waals surface area contributed by atoms with Crippen molar-refractivity contribution in [2.45, 2.75) is 74.8 Å². The van der Waals surface area contributed by atoms with Gasteiger partial charge in [0.1, 0.15) is 29.7 Å². The molecule has 2 N–H and O–H groups in total. The molecule has 2 saturated carbocycles. The zero-order valence-corrected chi connectivity index (χ0v) is 22.2. The van der Waals surface area contributed by atoms with Crippen molar-refractivity contribution in [3.8, 4) is 11.8 Å². The van der Waals surface area contributed by atoms with Crippen molar-refractivity contribution in [3.05, 3.63) is 24.0 Å². The number of nitriles is 1. The Morgan fingerprint density at radius 1 is 1.22 bits per heavy atom. The number of fused-ring (bicyclic) bond motifs is 1. The molecule has 2 heterocycles. The van der Waals surface area contributed by atoms with Gasteiger partial charge in [0.05, 0.1) is 18.3 Å². The highest BCUT2D eigenvalue weighted by atomic mass is 19.4. The minimum absolute atomic E-state index is 0.0109. The van der Waals surface area contributed by atoms with E-state index in [4.69, 9.17) is 4.74 Å². The number of alkyl halides is 3. The number of carbonyl (C=O) groups is 4. The van der Waals surface area contributed by atoms with Gasteiger partial charge in [0.25, 0.3) is 5.91 Å². The van der Waals surface area contributed by atoms with Crippen LogP contribution in [0.3, 0.4) is 0 Å². The van der Waals surface area contributed by atoms with Gasteiger partial charge in [0.2, 0.25) is 17.4 Å². The van der Waals surface area contributed by atoms with Gasteiger partial charge in [0.15, 0.2) is 0 Å². The number of nitrogens with one attached hydrogen (secondary N) is 2. The van der Waals surface area contributed by atoms with Crippen LogP contribution in [0.1, 0.15) is 44.9 Å². The summed E-state index contributed by atoms with van der Waals surface area (Å²) in [6.07, 6.45) is -2.11. The molecular formula is C27H29F4N5O5. The van der Waals surface area contributed by atoms with Crippen molar-refractivity contribution in [3.63, 3.8) is 0 Å². The van der Waals surface area contributed by atoms with E-state index in [0.717, 1.165) is 47.6 Å². The molecule has 41 heavy (non-hydrogen) atoms. The molecule has 2 aliphatic carbocycles. The molecule has 14 heteroatoms. The molecule has 3 fully saturated rings. The third-order valence-corrected chi connectivity index (χ3v) is 8.15. The Morgan fingerprint density at radius 2 is 1.88 bits per heavy atom. The molecule has 10 nitrogen and oxygen atoms in total. The highest BCUT2D eigenvalue weighted by molar-refractivity contribution is 6.02. The highest BCUT2D eigenvalue weighted by Gasteiger charge is 2.56. The monoisotopic (exact) mass is 579 g/mol. The molecule has 0 aromatic heterocycles. The predicted octanol–water partition coefficient (Wildman–Crippen LogP) is 2.49. The van der Waals surface area contributed by atoms with E-state index in [2.05, 4.69) is 5.32 Å². The summed E-state index contributed by atoms with van der Waals surface area (Å²) in [6, 6.07) is 1.85. The van der Waals surface area contributed by atoms with E-state index in [-0.39, 0.29) is 49.1 Å². The Bertz CT molecular complexity index is 1310. The molecule has 2 aliphatic heterocycles. The van der Waals surface area contributed by atoms with Crippen molar-refractivity contribution >= 4 is 29.3 Å². The van der Waals surface area contributed by atoms with Gasteiger partial charge in [-0.3, -0.25) is 19.2 Å². The largest absolute Gasteiger partial charge is 0.473 e. The van der Waals surface area contributed by atoms with E-state index in [0.29, 0.717) is 0 Å². The fraction of sp³-hybridized carbons (Fsp3) is 0.593. The summed E-state index contributed by atoms with van der Waals surface area (Å²) in [5.41, 5.74) is -1.53. The lowest BCUT2D eigenvalue weighted by Crippen LogP contribution is -2.58. The molecule has 0 unspecified atom stereocenters. The minimum Gasteiger partial charge on any atom is -0.473 e. The zero-order chi connectivity index (χ0) is 29.7. The van der Waals surface area contributed by atoms with E-state index >= 15 is 0 Å². The summed E-state index contributed by atoms with van der Waals surface area (Å²) in [4.78, 5) is 54.5. The smallest absolute Gasteiger partial charge is 0.471 e. The fourth-order valence-electron chi connectivity index (χ4n) is 5.47. The third-order valence-electron chi connectivity index (χ3n) is 8.15. The molecule has 4 atom stereocenters. The van der Waals surface area contributed by atoms with Gasteiger partial charge >= 0.3 is 12.1 Å². The summed E-state index contributed by atoms with van der Waals surface area (Å²) in [7, 11) is 1.30. The molecule has 220 valence electrons. The number of rotatable bonds is 8. The number of halogens is 4. The number of ether oxygens (including phenoxy) is 1. The van der Waals surface area contributed by atoms with E-state index in [1.165, 1.54) is 13.1 Å². The van der Waals surface area contributed by atoms with Crippen molar-refractivity contribution in [2.75, 3.05) is 18.9 Å². The fourth-order valence-corrected chi connectivity index (χ4v) is 5.47. The molecule has 1 aromatic carbocycles. The Labute approximate surface area is 233 Å². The molecule has 1 aromatic rings. The number of nitrogens with zero attached hydrogens (tertiary/aromatic N) is 3. The Kier molecular flexibility index (Phi) is 7.33. The summed E-state index contributed by atoms with van der Waals surface area (Å²) in [5, 5.41) is 14.3. The topological polar surface area (TPSA) is 132 Å². The summed E-state index contributed by atoms with van der Waals surface area (Å²) < 4.78 is 58.6. The first-order valence-corrected chi connectivity index (χ1v) is 13.5. The van der Waals surface area contributed by atoms with Gasteiger partial charge in [0, 0.05) is 19.5 Å². The third kappa shape index (κ3) is 5.94. The number of amides is 4. The van der Waals surface area contributed by atoms with Crippen LogP contribution in [0.5, 0.6) is 5.75 Å². The summed E-state index contributed by atoms with van der Waals surface area (Å²) >= 11 is 0. The van der Waals surface area contributed by atoms with E-state index < -0.39 is 59.3 Å². The molecule has 4 aliphatic rings. The molecule has 5 rings (SSSR count). The number of anilines is 1. The van der Waals surface area contributed by atoms with Gasteiger partial charge in [-0.15, -0.1) is 0 Å². The van der Waals surface area contributed by atoms with Gasteiger partial charge < -0.3 is 25.2 Å². The van der Waals surface area contributed by atoms with Crippen LogP contribution in [0.4, 0.5) is 23.2 Å². The number of likely N-dealkylation sites (tertiary alicyclic amines) is 1. The van der Waals surface area contributed by atoms with Crippen molar-refractivity contribution in [2.24, 2.45) is 11.8 Å². The van der Waals surface area contributed by atoms with E-state index in [9.17, 15) is 42.0 Å². The average molecular weight is 580 g/mol. The number of hydrogen-bond acceptors (Lipinski definition) is 6. The van der Waals surface area contributed by atoms with Crippen molar-refractivity contribution in [1.29, 1.82) is 5.26 Å². The SMILES string of the molecule is CN(C(=O)[C@H](CC1CC1)NC(=O)C(F)(F)F)[C@@H](CC1CC1)C(=O)N1C[C@@]2(C[C@H]1C#N)Oc1ccc(F)cc1NC2=O. The molecular weight excluding hydrogens is 550 g/mol. The molecule has 0 bridgehead atoms. The maximum absolute atomic E-state index is 14.0. The summed E-state index contributed by atoms with van der Waals surface area (Å²) in [5.74, 6) is -4.72.